The van der Waals surface area contributed by atoms with Gasteiger partial charge in [-0.05, 0) is 24.6 Å². The summed E-state index contributed by atoms with van der Waals surface area (Å²) in [6, 6.07) is 15.5. The van der Waals surface area contributed by atoms with Gasteiger partial charge in [0.1, 0.15) is 5.82 Å². The molecule has 0 radical (unpaired) electrons. The number of anilines is 1. The highest BCUT2D eigenvalue weighted by Crippen LogP contribution is 2.20. The first-order valence-electron chi connectivity index (χ1n) is 7.85. The Bertz CT molecular complexity index is 704. The Kier molecular flexibility index (Phi) is 6.07. The Balaban J connectivity index is 1.98. The van der Waals surface area contributed by atoms with Crippen molar-refractivity contribution in [1.29, 1.82) is 0 Å². The van der Waals surface area contributed by atoms with Crippen LogP contribution in [0.5, 0.6) is 0 Å². The van der Waals surface area contributed by atoms with Crippen molar-refractivity contribution in [3.63, 3.8) is 0 Å². The minimum atomic E-state index is -0.480. The molecule has 0 aliphatic carbocycles. The van der Waals surface area contributed by atoms with E-state index in [9.17, 15) is 14.0 Å². The molecular weight excluding hydrogens is 307 g/mol. The van der Waals surface area contributed by atoms with Gasteiger partial charge in [-0.3, -0.25) is 9.59 Å². The zero-order valence-corrected chi connectivity index (χ0v) is 13.8. The van der Waals surface area contributed by atoms with Crippen LogP contribution in [0.4, 0.5) is 10.1 Å². The number of carbonyl (C=O) groups excluding carboxylic acids is 2. The molecule has 126 valence electrons. The third kappa shape index (κ3) is 4.65. The molecule has 2 amide bonds. The van der Waals surface area contributed by atoms with Crippen LogP contribution in [0.1, 0.15) is 31.9 Å². The number of hydrogen-bond acceptors (Lipinski definition) is 2. The van der Waals surface area contributed by atoms with Crippen LogP contribution in [0, 0.1) is 5.82 Å². The number of nitrogens with zero attached hydrogens (tertiary/aromatic N) is 1. The second-order valence-corrected chi connectivity index (χ2v) is 5.58. The fourth-order valence-electron chi connectivity index (χ4n) is 2.53. The molecule has 0 aliphatic heterocycles. The van der Waals surface area contributed by atoms with Crippen molar-refractivity contribution in [2.75, 3.05) is 11.9 Å². The van der Waals surface area contributed by atoms with Crippen molar-refractivity contribution in [2.45, 2.75) is 26.3 Å². The lowest BCUT2D eigenvalue weighted by Gasteiger charge is -2.28. The number of hydrogen-bond donors (Lipinski definition) is 1. The lowest BCUT2D eigenvalue weighted by Crippen LogP contribution is -2.34. The molecule has 24 heavy (non-hydrogen) atoms. The van der Waals surface area contributed by atoms with Crippen molar-refractivity contribution in [3.05, 3.63) is 66.0 Å². The van der Waals surface area contributed by atoms with Gasteiger partial charge in [-0.25, -0.2) is 4.39 Å². The molecule has 0 heterocycles. The van der Waals surface area contributed by atoms with Crippen molar-refractivity contribution >= 4 is 17.5 Å². The van der Waals surface area contributed by atoms with Crippen LogP contribution in [0.2, 0.25) is 0 Å². The fraction of sp³-hybridized carbons (Fsp3) is 0.263. The maximum Gasteiger partial charge on any atom is 0.226 e. The first-order chi connectivity index (χ1) is 11.5. The maximum atomic E-state index is 13.5. The lowest BCUT2D eigenvalue weighted by molar-refractivity contribution is -0.131. The zero-order chi connectivity index (χ0) is 17.5. The number of para-hydroxylation sites is 1. The minimum Gasteiger partial charge on any atom is -0.336 e. The average molecular weight is 328 g/mol. The molecule has 1 N–H and O–H groups in total. The highest BCUT2D eigenvalue weighted by atomic mass is 19.1. The summed E-state index contributed by atoms with van der Waals surface area (Å²) in [6.07, 6.45) is 0.102. The molecule has 0 aromatic heterocycles. The van der Waals surface area contributed by atoms with Gasteiger partial charge in [0.2, 0.25) is 11.8 Å². The Morgan fingerprint density at radius 2 is 1.71 bits per heavy atom. The van der Waals surface area contributed by atoms with Crippen LogP contribution in [0.3, 0.4) is 0 Å². The molecule has 0 fully saturated rings. The Morgan fingerprint density at radius 3 is 2.33 bits per heavy atom. The van der Waals surface area contributed by atoms with Gasteiger partial charge in [-0.1, -0.05) is 42.5 Å². The van der Waals surface area contributed by atoms with Gasteiger partial charge in [-0.2, -0.15) is 0 Å². The van der Waals surface area contributed by atoms with E-state index >= 15 is 0 Å². The average Bonchev–Trinajstić information content (AvgIpc) is 2.57. The molecule has 1 unspecified atom stereocenters. The summed E-state index contributed by atoms with van der Waals surface area (Å²) in [5.74, 6) is -0.913. The molecule has 0 spiro atoms. The number of halogens is 1. The molecule has 4 nitrogen and oxygen atoms in total. The quantitative estimate of drug-likeness (QED) is 0.877. The topological polar surface area (TPSA) is 49.4 Å². The smallest absolute Gasteiger partial charge is 0.226 e. The Morgan fingerprint density at radius 1 is 1.08 bits per heavy atom. The Labute approximate surface area is 141 Å². The van der Waals surface area contributed by atoms with Crippen LogP contribution >= 0.6 is 0 Å². The first-order valence-corrected chi connectivity index (χ1v) is 7.85. The lowest BCUT2D eigenvalue weighted by atomic mass is 10.1. The van der Waals surface area contributed by atoms with Crippen molar-refractivity contribution < 1.29 is 14.0 Å². The standard InChI is InChI=1S/C19H21FN2O2/c1-14(16-8-4-3-5-9-16)22(15(2)23)13-12-19(24)21-18-11-7-6-10-17(18)20/h3-11,14H,12-13H2,1-2H3,(H,21,24). The van der Waals surface area contributed by atoms with E-state index in [2.05, 4.69) is 5.32 Å². The van der Waals surface area contributed by atoms with Gasteiger partial charge in [0, 0.05) is 19.9 Å². The van der Waals surface area contributed by atoms with E-state index in [0.717, 1.165) is 5.56 Å². The summed E-state index contributed by atoms with van der Waals surface area (Å²) in [4.78, 5) is 25.6. The van der Waals surface area contributed by atoms with Crippen LogP contribution < -0.4 is 5.32 Å². The van der Waals surface area contributed by atoms with Gasteiger partial charge in [0.05, 0.1) is 11.7 Å². The van der Waals surface area contributed by atoms with E-state index in [1.807, 2.05) is 37.3 Å². The highest BCUT2D eigenvalue weighted by molar-refractivity contribution is 5.91. The summed E-state index contributed by atoms with van der Waals surface area (Å²) in [6.45, 7) is 3.67. The third-order valence-electron chi connectivity index (χ3n) is 3.88. The number of nitrogens with one attached hydrogen (secondary N) is 1. The second-order valence-electron chi connectivity index (χ2n) is 5.58. The molecule has 2 aromatic carbocycles. The molecule has 0 aliphatic rings. The summed E-state index contributed by atoms with van der Waals surface area (Å²) in [7, 11) is 0. The number of amides is 2. The molecule has 0 saturated carbocycles. The molecular formula is C19H21FN2O2. The van der Waals surface area contributed by atoms with Gasteiger partial charge in [-0.15, -0.1) is 0 Å². The molecule has 0 bridgehead atoms. The third-order valence-corrected chi connectivity index (χ3v) is 3.88. The summed E-state index contributed by atoms with van der Waals surface area (Å²) in [5.41, 5.74) is 1.15. The Hall–Kier alpha value is -2.69. The van der Waals surface area contributed by atoms with Crippen molar-refractivity contribution in [1.82, 2.24) is 4.90 Å². The summed E-state index contributed by atoms with van der Waals surface area (Å²) < 4.78 is 13.5. The molecule has 2 rings (SSSR count). The molecule has 2 aromatic rings. The monoisotopic (exact) mass is 328 g/mol. The van der Waals surface area contributed by atoms with Gasteiger partial charge < -0.3 is 10.2 Å². The van der Waals surface area contributed by atoms with Crippen LogP contribution in [0.25, 0.3) is 0 Å². The van der Waals surface area contributed by atoms with Gasteiger partial charge in [0.15, 0.2) is 0 Å². The maximum absolute atomic E-state index is 13.5. The molecule has 0 saturated heterocycles. The van der Waals surface area contributed by atoms with Crippen LogP contribution in [-0.4, -0.2) is 23.3 Å². The minimum absolute atomic E-state index is 0.102. The van der Waals surface area contributed by atoms with E-state index in [0.29, 0.717) is 0 Å². The SMILES string of the molecule is CC(=O)N(CCC(=O)Nc1ccccc1F)C(C)c1ccccc1. The fourth-order valence-corrected chi connectivity index (χ4v) is 2.53. The van der Waals surface area contributed by atoms with Gasteiger partial charge >= 0.3 is 0 Å². The first kappa shape index (κ1) is 17.7. The predicted octanol–water partition coefficient (Wildman–Crippen LogP) is 3.76. The van der Waals surface area contributed by atoms with E-state index in [1.165, 1.54) is 19.1 Å². The predicted molar refractivity (Wildman–Crippen MR) is 91.9 cm³/mol. The van der Waals surface area contributed by atoms with E-state index in [4.69, 9.17) is 0 Å². The summed E-state index contributed by atoms with van der Waals surface area (Å²) in [5, 5.41) is 2.53. The van der Waals surface area contributed by atoms with E-state index < -0.39 is 5.82 Å². The number of rotatable bonds is 6. The number of benzene rings is 2. The summed E-state index contributed by atoms with van der Waals surface area (Å²) >= 11 is 0. The zero-order valence-electron chi connectivity index (χ0n) is 13.8. The van der Waals surface area contributed by atoms with Crippen LogP contribution in [-0.2, 0) is 9.59 Å². The van der Waals surface area contributed by atoms with E-state index in [-0.39, 0.29) is 36.5 Å². The number of carbonyl (C=O) groups is 2. The van der Waals surface area contributed by atoms with E-state index in [1.54, 1.807) is 17.0 Å². The molecule has 5 heteroatoms. The van der Waals surface area contributed by atoms with Crippen molar-refractivity contribution in [3.8, 4) is 0 Å². The van der Waals surface area contributed by atoms with Gasteiger partial charge in [0.25, 0.3) is 0 Å². The molecule has 1 atom stereocenters. The second kappa shape index (κ2) is 8.24. The largest absolute Gasteiger partial charge is 0.336 e. The van der Waals surface area contributed by atoms with Crippen molar-refractivity contribution in [2.24, 2.45) is 0 Å². The normalized spacial score (nSPS) is 11.6. The highest BCUT2D eigenvalue weighted by Gasteiger charge is 2.19. The van der Waals surface area contributed by atoms with Crippen LogP contribution in [0.15, 0.2) is 54.6 Å².